The molecule has 0 fully saturated rings. The Balaban J connectivity index is 2.35. The first kappa shape index (κ1) is 12.6. The molecule has 0 saturated carbocycles. The summed E-state index contributed by atoms with van der Waals surface area (Å²) in [5, 5.41) is 7.77. The van der Waals surface area contributed by atoms with Gasteiger partial charge < -0.3 is 10.1 Å². The van der Waals surface area contributed by atoms with Gasteiger partial charge in [0.2, 0.25) is 5.88 Å². The smallest absolute Gasteiger partial charge is 0.211 e. The van der Waals surface area contributed by atoms with Crippen molar-refractivity contribution in [3.05, 3.63) is 47.2 Å². The van der Waals surface area contributed by atoms with E-state index in [1.807, 2.05) is 20.2 Å². The average Bonchev–Trinajstić information content (AvgIpc) is 2.74. The topological polar surface area (TPSA) is 39.1 Å². The summed E-state index contributed by atoms with van der Waals surface area (Å²) in [4.78, 5) is 0. The first-order valence-electron chi connectivity index (χ1n) is 5.97. The predicted molar refractivity (Wildman–Crippen MR) is 71.8 cm³/mol. The van der Waals surface area contributed by atoms with Crippen LogP contribution < -0.4 is 10.1 Å². The Hall–Kier alpha value is -1.81. The molecule has 0 aliphatic rings. The average molecular weight is 245 g/mol. The van der Waals surface area contributed by atoms with Gasteiger partial charge in [0.15, 0.2) is 0 Å². The van der Waals surface area contributed by atoms with E-state index in [1.165, 1.54) is 11.1 Å². The van der Waals surface area contributed by atoms with E-state index in [4.69, 9.17) is 4.74 Å². The third-order valence-corrected chi connectivity index (χ3v) is 3.06. The zero-order chi connectivity index (χ0) is 13.1. The number of ether oxygens (including phenoxy) is 1. The molecule has 0 amide bonds. The van der Waals surface area contributed by atoms with Crippen LogP contribution in [0.25, 0.3) is 0 Å². The molecule has 2 aromatic rings. The second kappa shape index (κ2) is 5.23. The molecule has 1 N–H and O–H groups in total. The molecular weight excluding hydrogens is 226 g/mol. The highest BCUT2D eigenvalue weighted by atomic mass is 16.5. The summed E-state index contributed by atoms with van der Waals surface area (Å²) in [5.74, 6) is 0.761. The van der Waals surface area contributed by atoms with Crippen LogP contribution in [0.3, 0.4) is 0 Å². The molecule has 4 heteroatoms. The summed E-state index contributed by atoms with van der Waals surface area (Å²) in [6.07, 6.45) is 0. The molecule has 0 bridgehead atoms. The normalized spacial score (nSPS) is 12.4. The van der Waals surface area contributed by atoms with Gasteiger partial charge in [0, 0.05) is 13.1 Å². The molecular formula is C14H19N3O. The van der Waals surface area contributed by atoms with Crippen LogP contribution in [0.2, 0.25) is 0 Å². The maximum Gasteiger partial charge on any atom is 0.211 e. The van der Waals surface area contributed by atoms with Crippen molar-refractivity contribution in [3.8, 4) is 5.88 Å². The van der Waals surface area contributed by atoms with E-state index >= 15 is 0 Å². The maximum absolute atomic E-state index is 5.25. The Bertz CT molecular complexity index is 516. The lowest BCUT2D eigenvalue weighted by Gasteiger charge is -2.14. The molecule has 1 heterocycles. The second-order valence-electron chi connectivity index (χ2n) is 4.37. The van der Waals surface area contributed by atoms with Gasteiger partial charge in [-0.3, -0.25) is 0 Å². The molecule has 4 nitrogen and oxygen atoms in total. The molecule has 0 aliphatic heterocycles. The summed E-state index contributed by atoms with van der Waals surface area (Å²) in [6.45, 7) is 2.09. The van der Waals surface area contributed by atoms with Crippen LogP contribution in [0.5, 0.6) is 5.88 Å². The number of aromatic nitrogens is 2. The van der Waals surface area contributed by atoms with E-state index in [0.717, 1.165) is 11.6 Å². The maximum atomic E-state index is 5.25. The van der Waals surface area contributed by atoms with Crippen molar-refractivity contribution in [1.82, 2.24) is 15.1 Å². The Morgan fingerprint density at radius 1 is 1.28 bits per heavy atom. The Morgan fingerprint density at radius 2 is 1.94 bits per heavy atom. The first-order valence-corrected chi connectivity index (χ1v) is 5.97. The fourth-order valence-electron chi connectivity index (χ4n) is 2.05. The van der Waals surface area contributed by atoms with Crippen molar-refractivity contribution in [2.24, 2.45) is 7.05 Å². The van der Waals surface area contributed by atoms with Crippen molar-refractivity contribution in [2.45, 2.75) is 13.0 Å². The molecule has 0 radical (unpaired) electrons. The number of methoxy groups -OCH3 is 1. The van der Waals surface area contributed by atoms with Gasteiger partial charge in [0.1, 0.15) is 0 Å². The third kappa shape index (κ3) is 2.38. The van der Waals surface area contributed by atoms with Crippen molar-refractivity contribution in [3.63, 3.8) is 0 Å². The molecule has 1 aromatic heterocycles. The highest BCUT2D eigenvalue weighted by Crippen LogP contribution is 2.24. The largest absolute Gasteiger partial charge is 0.481 e. The van der Waals surface area contributed by atoms with E-state index < -0.39 is 0 Å². The van der Waals surface area contributed by atoms with Crippen molar-refractivity contribution in [2.75, 3.05) is 14.2 Å². The minimum Gasteiger partial charge on any atom is -0.481 e. The van der Waals surface area contributed by atoms with Gasteiger partial charge in [-0.1, -0.05) is 29.8 Å². The third-order valence-electron chi connectivity index (χ3n) is 3.06. The van der Waals surface area contributed by atoms with Crippen molar-refractivity contribution < 1.29 is 4.74 Å². The highest BCUT2D eigenvalue weighted by Gasteiger charge is 2.16. The molecule has 96 valence electrons. The summed E-state index contributed by atoms with van der Waals surface area (Å²) >= 11 is 0. The molecule has 1 atom stereocenters. The predicted octanol–water partition coefficient (Wildman–Crippen LogP) is 2.05. The lowest BCUT2D eigenvalue weighted by Crippen LogP contribution is -2.18. The zero-order valence-corrected chi connectivity index (χ0v) is 11.3. The molecule has 1 unspecified atom stereocenters. The lowest BCUT2D eigenvalue weighted by molar-refractivity contribution is 0.373. The van der Waals surface area contributed by atoms with Crippen LogP contribution in [0, 0.1) is 6.92 Å². The minimum absolute atomic E-state index is 0.0840. The Kier molecular flexibility index (Phi) is 3.67. The minimum atomic E-state index is 0.0840. The fraction of sp³-hybridized carbons (Fsp3) is 0.357. The summed E-state index contributed by atoms with van der Waals surface area (Å²) < 4.78 is 6.99. The van der Waals surface area contributed by atoms with Crippen LogP contribution in [-0.4, -0.2) is 23.9 Å². The first-order chi connectivity index (χ1) is 8.65. The SMILES string of the molecule is CNC(c1ccc(C)cc1)c1cc(OC)n(C)n1. The van der Waals surface area contributed by atoms with Crippen LogP contribution in [0.15, 0.2) is 30.3 Å². The summed E-state index contributed by atoms with van der Waals surface area (Å²) in [7, 11) is 5.47. The fourth-order valence-corrected chi connectivity index (χ4v) is 2.05. The van der Waals surface area contributed by atoms with Gasteiger partial charge in [0.05, 0.1) is 18.8 Å². The summed E-state index contributed by atoms with van der Waals surface area (Å²) in [6, 6.07) is 10.5. The Labute approximate surface area is 108 Å². The van der Waals surface area contributed by atoms with Crippen molar-refractivity contribution >= 4 is 0 Å². The van der Waals surface area contributed by atoms with Gasteiger partial charge in [-0.15, -0.1) is 0 Å². The number of nitrogens with one attached hydrogen (secondary N) is 1. The number of nitrogens with zero attached hydrogens (tertiary/aromatic N) is 2. The van der Waals surface area contributed by atoms with Gasteiger partial charge >= 0.3 is 0 Å². The quantitative estimate of drug-likeness (QED) is 0.896. The number of benzene rings is 1. The molecule has 0 spiro atoms. The van der Waals surface area contributed by atoms with Crippen LogP contribution in [-0.2, 0) is 7.05 Å². The lowest BCUT2D eigenvalue weighted by atomic mass is 10.0. The van der Waals surface area contributed by atoms with Gasteiger partial charge in [-0.05, 0) is 19.5 Å². The van der Waals surface area contributed by atoms with Gasteiger partial charge in [0.25, 0.3) is 0 Å². The standard InChI is InChI=1S/C14H19N3O/c1-10-5-7-11(8-6-10)14(15-2)12-9-13(18-4)17(3)16-12/h5-9,14-15H,1-4H3. The monoisotopic (exact) mass is 245 g/mol. The number of hydrogen-bond acceptors (Lipinski definition) is 3. The van der Waals surface area contributed by atoms with E-state index in [-0.39, 0.29) is 6.04 Å². The summed E-state index contributed by atoms with van der Waals surface area (Å²) in [5.41, 5.74) is 3.41. The van der Waals surface area contributed by atoms with Crippen LogP contribution in [0.1, 0.15) is 22.9 Å². The second-order valence-corrected chi connectivity index (χ2v) is 4.37. The number of rotatable bonds is 4. The molecule has 18 heavy (non-hydrogen) atoms. The van der Waals surface area contributed by atoms with E-state index in [0.29, 0.717) is 0 Å². The van der Waals surface area contributed by atoms with E-state index in [9.17, 15) is 0 Å². The molecule has 0 aliphatic carbocycles. The molecule has 2 rings (SSSR count). The molecule has 0 saturated heterocycles. The number of aryl methyl sites for hydroxylation is 2. The van der Waals surface area contributed by atoms with Crippen LogP contribution in [0.4, 0.5) is 0 Å². The van der Waals surface area contributed by atoms with Gasteiger partial charge in [-0.25, -0.2) is 4.68 Å². The highest BCUT2D eigenvalue weighted by molar-refractivity contribution is 5.32. The molecule has 1 aromatic carbocycles. The van der Waals surface area contributed by atoms with E-state index in [1.54, 1.807) is 11.8 Å². The zero-order valence-electron chi connectivity index (χ0n) is 11.3. The van der Waals surface area contributed by atoms with Crippen molar-refractivity contribution in [1.29, 1.82) is 0 Å². The number of hydrogen-bond donors (Lipinski definition) is 1. The Morgan fingerprint density at radius 3 is 2.44 bits per heavy atom. The van der Waals surface area contributed by atoms with Crippen LogP contribution >= 0.6 is 0 Å². The van der Waals surface area contributed by atoms with E-state index in [2.05, 4.69) is 41.6 Å². The van der Waals surface area contributed by atoms with Gasteiger partial charge in [-0.2, -0.15) is 5.10 Å².